The quantitative estimate of drug-likeness (QED) is 0.667. The smallest absolute Gasteiger partial charge is 0.337 e. The van der Waals surface area contributed by atoms with Crippen molar-refractivity contribution in [1.82, 2.24) is 0 Å². The molecule has 1 aliphatic carbocycles. The van der Waals surface area contributed by atoms with Gasteiger partial charge in [0.05, 0.1) is 19.8 Å². The predicted molar refractivity (Wildman–Crippen MR) is 101 cm³/mol. The van der Waals surface area contributed by atoms with Crippen molar-refractivity contribution in [3.05, 3.63) is 59.4 Å². The number of carbonyl (C=O) groups excluding carboxylic acids is 1. The van der Waals surface area contributed by atoms with Crippen molar-refractivity contribution in [2.24, 2.45) is 0 Å². The molecule has 136 valence electrons. The Kier molecular flexibility index (Phi) is 5.71. The number of hydrogen-bond acceptors (Lipinski definition) is 3. The maximum absolute atomic E-state index is 14.6. The lowest BCUT2D eigenvalue weighted by Crippen LogP contribution is -2.03. The Hall–Kier alpha value is -2.62. The zero-order chi connectivity index (χ0) is 18.5. The van der Waals surface area contributed by atoms with E-state index in [0.717, 1.165) is 42.4 Å². The van der Waals surface area contributed by atoms with Crippen LogP contribution in [-0.4, -0.2) is 20.2 Å². The number of benzene rings is 2. The third-order valence-corrected chi connectivity index (χ3v) is 4.79. The average Bonchev–Trinajstić information content (AvgIpc) is 2.97. The Morgan fingerprint density at radius 2 is 1.81 bits per heavy atom. The maximum atomic E-state index is 14.6. The van der Waals surface area contributed by atoms with Gasteiger partial charge in [-0.05, 0) is 72.7 Å². The monoisotopic (exact) mass is 354 g/mol. The summed E-state index contributed by atoms with van der Waals surface area (Å²) < 4.78 is 24.7. The van der Waals surface area contributed by atoms with E-state index in [-0.39, 0.29) is 5.82 Å². The summed E-state index contributed by atoms with van der Waals surface area (Å²) in [6.45, 7) is 0. The standard InChI is InChI=1S/C22H23FO3/c1-25-17-10-12-21(23)20(14-17)18-11-9-16(22(24)26-2)13-19(18)15-7-5-3-4-6-8-15/h7,9-14H,3-6,8H2,1-2H3. The normalized spacial score (nSPS) is 14.3. The van der Waals surface area contributed by atoms with Gasteiger partial charge in [-0.3, -0.25) is 0 Å². The van der Waals surface area contributed by atoms with Crippen LogP contribution in [0, 0.1) is 5.82 Å². The average molecular weight is 354 g/mol. The topological polar surface area (TPSA) is 35.5 Å². The molecule has 0 saturated heterocycles. The van der Waals surface area contributed by atoms with Crippen LogP contribution in [0.1, 0.15) is 48.0 Å². The molecule has 0 saturated carbocycles. The molecule has 0 aliphatic heterocycles. The molecule has 3 rings (SSSR count). The number of carbonyl (C=O) groups is 1. The number of ether oxygens (including phenoxy) is 2. The number of halogens is 1. The molecule has 1 aliphatic rings. The first-order chi connectivity index (χ1) is 12.6. The number of esters is 1. The molecule has 0 radical (unpaired) electrons. The van der Waals surface area contributed by atoms with E-state index in [0.29, 0.717) is 16.9 Å². The summed E-state index contributed by atoms with van der Waals surface area (Å²) in [7, 11) is 2.93. The highest BCUT2D eigenvalue weighted by molar-refractivity contribution is 5.93. The van der Waals surface area contributed by atoms with Crippen LogP contribution in [0.4, 0.5) is 4.39 Å². The van der Waals surface area contributed by atoms with Gasteiger partial charge in [0.1, 0.15) is 11.6 Å². The number of rotatable bonds is 4. The van der Waals surface area contributed by atoms with Crippen molar-refractivity contribution in [2.45, 2.75) is 32.1 Å². The van der Waals surface area contributed by atoms with E-state index in [1.807, 2.05) is 6.07 Å². The van der Waals surface area contributed by atoms with E-state index in [1.165, 1.54) is 19.6 Å². The zero-order valence-electron chi connectivity index (χ0n) is 15.2. The Morgan fingerprint density at radius 1 is 0.962 bits per heavy atom. The van der Waals surface area contributed by atoms with Gasteiger partial charge in [-0.15, -0.1) is 0 Å². The molecular formula is C22H23FO3. The Bertz CT molecular complexity index is 839. The van der Waals surface area contributed by atoms with E-state index in [1.54, 1.807) is 31.4 Å². The van der Waals surface area contributed by atoms with Gasteiger partial charge in [0.15, 0.2) is 0 Å². The third-order valence-electron chi connectivity index (χ3n) is 4.79. The second kappa shape index (κ2) is 8.17. The fourth-order valence-electron chi connectivity index (χ4n) is 3.39. The lowest BCUT2D eigenvalue weighted by Gasteiger charge is -2.16. The van der Waals surface area contributed by atoms with Gasteiger partial charge in [-0.25, -0.2) is 9.18 Å². The van der Waals surface area contributed by atoms with Gasteiger partial charge in [-0.2, -0.15) is 0 Å². The van der Waals surface area contributed by atoms with Crippen LogP contribution in [0.5, 0.6) is 5.75 Å². The van der Waals surface area contributed by atoms with Gasteiger partial charge >= 0.3 is 5.97 Å². The first-order valence-corrected chi connectivity index (χ1v) is 8.89. The van der Waals surface area contributed by atoms with E-state index in [4.69, 9.17) is 9.47 Å². The van der Waals surface area contributed by atoms with Crippen LogP contribution in [0.15, 0.2) is 42.5 Å². The highest BCUT2D eigenvalue weighted by atomic mass is 19.1. The summed E-state index contributed by atoms with van der Waals surface area (Å²) in [5, 5.41) is 0. The molecular weight excluding hydrogens is 331 g/mol. The van der Waals surface area contributed by atoms with Gasteiger partial charge in [0, 0.05) is 5.56 Å². The molecule has 4 heteroatoms. The van der Waals surface area contributed by atoms with E-state index in [9.17, 15) is 9.18 Å². The van der Waals surface area contributed by atoms with Crippen molar-refractivity contribution < 1.29 is 18.7 Å². The van der Waals surface area contributed by atoms with Gasteiger partial charge in [0.2, 0.25) is 0 Å². The SMILES string of the molecule is COC(=O)c1ccc(-c2cc(OC)ccc2F)c(C2=CCCCCC2)c1. The fraction of sp³-hybridized carbons (Fsp3) is 0.318. The van der Waals surface area contributed by atoms with E-state index in [2.05, 4.69) is 6.08 Å². The zero-order valence-corrected chi connectivity index (χ0v) is 15.2. The van der Waals surface area contributed by atoms with Gasteiger partial charge < -0.3 is 9.47 Å². The van der Waals surface area contributed by atoms with Crippen molar-refractivity contribution in [1.29, 1.82) is 0 Å². The second-order valence-corrected chi connectivity index (χ2v) is 6.43. The van der Waals surface area contributed by atoms with Gasteiger partial charge in [-0.1, -0.05) is 18.6 Å². The lowest BCUT2D eigenvalue weighted by atomic mass is 9.90. The van der Waals surface area contributed by atoms with Crippen LogP contribution in [0.3, 0.4) is 0 Å². The van der Waals surface area contributed by atoms with Crippen molar-refractivity contribution in [3.63, 3.8) is 0 Å². The molecule has 0 spiro atoms. The van der Waals surface area contributed by atoms with Crippen LogP contribution >= 0.6 is 0 Å². The molecule has 2 aromatic rings. The van der Waals surface area contributed by atoms with Crippen molar-refractivity contribution in [3.8, 4) is 16.9 Å². The molecule has 0 heterocycles. The molecule has 0 N–H and O–H groups in total. The number of allylic oxidation sites excluding steroid dienone is 2. The van der Waals surface area contributed by atoms with Gasteiger partial charge in [0.25, 0.3) is 0 Å². The first kappa shape index (κ1) is 18.2. The third kappa shape index (κ3) is 3.79. The van der Waals surface area contributed by atoms with Crippen molar-refractivity contribution in [2.75, 3.05) is 14.2 Å². The fourth-order valence-corrected chi connectivity index (χ4v) is 3.39. The Labute approximate surface area is 153 Å². The molecule has 0 amide bonds. The summed E-state index contributed by atoms with van der Waals surface area (Å²) in [5.41, 5.74) is 3.76. The van der Waals surface area contributed by atoms with Crippen molar-refractivity contribution >= 4 is 11.5 Å². The van der Waals surface area contributed by atoms with E-state index < -0.39 is 5.97 Å². The van der Waals surface area contributed by atoms with Crippen LogP contribution in [-0.2, 0) is 4.74 Å². The van der Waals surface area contributed by atoms with Crippen LogP contribution in [0.2, 0.25) is 0 Å². The first-order valence-electron chi connectivity index (χ1n) is 8.89. The predicted octanol–water partition coefficient (Wildman–Crippen LogP) is 5.64. The Balaban J connectivity index is 2.18. The Morgan fingerprint density at radius 3 is 2.58 bits per heavy atom. The summed E-state index contributed by atoms with van der Waals surface area (Å²) in [4.78, 5) is 12.0. The number of methoxy groups -OCH3 is 2. The molecule has 0 fully saturated rings. The van der Waals surface area contributed by atoms with Crippen LogP contribution in [0.25, 0.3) is 16.7 Å². The highest BCUT2D eigenvalue weighted by Gasteiger charge is 2.18. The number of hydrogen-bond donors (Lipinski definition) is 0. The molecule has 0 unspecified atom stereocenters. The summed E-state index contributed by atoms with van der Waals surface area (Å²) >= 11 is 0. The molecule has 3 nitrogen and oxygen atoms in total. The molecule has 0 bridgehead atoms. The minimum atomic E-state index is -0.391. The maximum Gasteiger partial charge on any atom is 0.337 e. The molecule has 0 atom stereocenters. The summed E-state index contributed by atoms with van der Waals surface area (Å²) in [6, 6.07) is 10.0. The highest BCUT2D eigenvalue weighted by Crippen LogP contribution is 2.37. The second-order valence-electron chi connectivity index (χ2n) is 6.43. The van der Waals surface area contributed by atoms with E-state index >= 15 is 0 Å². The minimum Gasteiger partial charge on any atom is -0.497 e. The lowest BCUT2D eigenvalue weighted by molar-refractivity contribution is 0.0600. The molecule has 2 aromatic carbocycles. The molecule has 26 heavy (non-hydrogen) atoms. The van der Waals surface area contributed by atoms with Crippen LogP contribution < -0.4 is 4.74 Å². The minimum absolute atomic E-state index is 0.313. The summed E-state index contributed by atoms with van der Waals surface area (Å²) in [6.07, 6.45) is 7.56. The summed E-state index contributed by atoms with van der Waals surface area (Å²) in [5.74, 6) is -0.107. The molecule has 0 aromatic heterocycles. The largest absolute Gasteiger partial charge is 0.497 e.